The Balaban J connectivity index is 4.05. The number of carbonyl (C=O) groups is 2. The molecule has 0 aromatic rings. The van der Waals surface area contributed by atoms with Crippen molar-refractivity contribution in [2.24, 2.45) is 0 Å². The first-order chi connectivity index (χ1) is 22.8. The molecule has 0 aliphatic heterocycles. The minimum Gasteiger partial charge on any atom is -0.457 e. The number of aliphatic hydroxyl groups is 2. The summed E-state index contributed by atoms with van der Waals surface area (Å²) in [7, 11) is -4.63. The maximum absolute atomic E-state index is 12.3. The Bertz CT molecular complexity index is 889. The fraction of sp³-hybridized carbons (Fsp3) is 0.778. The van der Waals surface area contributed by atoms with Gasteiger partial charge in [0.1, 0.15) is 12.2 Å². The first kappa shape index (κ1) is 45.2. The van der Waals surface area contributed by atoms with Gasteiger partial charge < -0.3 is 24.6 Å². The summed E-state index contributed by atoms with van der Waals surface area (Å²) in [5.41, 5.74) is 0. The largest absolute Gasteiger partial charge is 0.472 e. The van der Waals surface area contributed by atoms with Crippen LogP contribution in [0.3, 0.4) is 0 Å². The lowest BCUT2D eigenvalue weighted by atomic mass is 10.1. The smallest absolute Gasteiger partial charge is 0.457 e. The van der Waals surface area contributed by atoms with Crippen LogP contribution in [0.1, 0.15) is 142 Å². The second kappa shape index (κ2) is 32.7. The second-order valence-electron chi connectivity index (χ2n) is 11.8. The van der Waals surface area contributed by atoms with Gasteiger partial charge in [-0.3, -0.25) is 18.6 Å². The van der Waals surface area contributed by atoms with Crippen molar-refractivity contribution in [2.45, 2.75) is 154 Å². The van der Waals surface area contributed by atoms with Gasteiger partial charge in [-0.1, -0.05) is 108 Å². The van der Waals surface area contributed by atoms with Crippen molar-refractivity contribution in [3.63, 3.8) is 0 Å². The van der Waals surface area contributed by atoms with Gasteiger partial charge in [-0.15, -0.1) is 0 Å². The van der Waals surface area contributed by atoms with E-state index >= 15 is 0 Å². The SMILES string of the molecule is CCC/C=C\C/C=C\CCCCCCCC(=O)OC(CO)COP(=O)(O)OCC(CO)OC(=O)CCCCCCC/C=C\CCCC. The van der Waals surface area contributed by atoms with Gasteiger partial charge in [-0.25, -0.2) is 4.57 Å². The number of hydrogen-bond donors (Lipinski definition) is 3. The summed E-state index contributed by atoms with van der Waals surface area (Å²) in [6.45, 7) is 2.04. The number of carbonyl (C=O) groups excluding carboxylic acids is 2. The Kier molecular flexibility index (Phi) is 31.5. The topological polar surface area (TPSA) is 149 Å². The van der Waals surface area contributed by atoms with E-state index in [1.54, 1.807) is 0 Å². The van der Waals surface area contributed by atoms with Crippen molar-refractivity contribution >= 4 is 19.8 Å². The van der Waals surface area contributed by atoms with Crippen molar-refractivity contribution in [1.82, 2.24) is 0 Å². The predicted molar refractivity (Wildman–Crippen MR) is 187 cm³/mol. The number of hydrogen-bond acceptors (Lipinski definition) is 9. The third kappa shape index (κ3) is 31.2. The second-order valence-corrected chi connectivity index (χ2v) is 13.3. The third-order valence-corrected chi connectivity index (χ3v) is 8.26. The average molecular weight is 689 g/mol. The molecule has 0 heterocycles. The summed E-state index contributed by atoms with van der Waals surface area (Å²) in [6, 6.07) is 0. The lowest BCUT2D eigenvalue weighted by molar-refractivity contribution is -0.153. The molecule has 47 heavy (non-hydrogen) atoms. The van der Waals surface area contributed by atoms with Crippen LogP contribution in [-0.4, -0.2) is 65.7 Å². The van der Waals surface area contributed by atoms with Crippen LogP contribution in [0.4, 0.5) is 0 Å². The van der Waals surface area contributed by atoms with Crippen molar-refractivity contribution in [3.8, 4) is 0 Å². The number of esters is 2. The van der Waals surface area contributed by atoms with Gasteiger partial charge in [0.05, 0.1) is 26.4 Å². The minimum absolute atomic E-state index is 0.175. The molecule has 3 atom stereocenters. The van der Waals surface area contributed by atoms with Gasteiger partial charge in [0.25, 0.3) is 0 Å². The molecule has 11 heteroatoms. The van der Waals surface area contributed by atoms with E-state index < -0.39 is 58.4 Å². The van der Waals surface area contributed by atoms with E-state index in [4.69, 9.17) is 18.5 Å². The van der Waals surface area contributed by atoms with Gasteiger partial charge in [0.2, 0.25) is 0 Å². The standard InChI is InChI=1S/C36H65O10P/c1-3-5-7-9-11-13-15-16-18-20-22-24-26-28-36(40)46-34(30-38)32-44-47(41,42)43-31-33(29-37)45-35(39)27-25-23-21-19-17-14-12-10-8-6-4-2/h7,9-10,12-13,15,33-34,37-38H,3-6,8,11,14,16-32H2,1-2H3,(H,41,42)/b9-7-,12-10-,15-13-. The fourth-order valence-corrected chi connectivity index (χ4v) is 5.27. The number of rotatable bonds is 33. The first-order valence-corrected chi connectivity index (χ1v) is 19.4. The zero-order valence-electron chi connectivity index (χ0n) is 29.2. The van der Waals surface area contributed by atoms with E-state index in [0.717, 1.165) is 83.5 Å². The Labute approximate surface area is 284 Å². The molecular weight excluding hydrogens is 623 g/mol. The Morgan fingerprint density at radius 3 is 1.43 bits per heavy atom. The summed E-state index contributed by atoms with van der Waals surface area (Å²) in [4.78, 5) is 34.2. The molecule has 0 radical (unpaired) electrons. The Hall–Kier alpha value is -1.81. The van der Waals surface area contributed by atoms with Gasteiger partial charge >= 0.3 is 19.8 Å². The van der Waals surface area contributed by atoms with Crippen LogP contribution in [0.5, 0.6) is 0 Å². The van der Waals surface area contributed by atoms with Gasteiger partial charge in [-0.05, 0) is 57.8 Å². The van der Waals surface area contributed by atoms with Crippen LogP contribution in [0.25, 0.3) is 0 Å². The number of phosphoric ester groups is 1. The molecule has 0 spiro atoms. The molecule has 274 valence electrons. The zero-order valence-corrected chi connectivity index (χ0v) is 30.1. The minimum atomic E-state index is -4.63. The third-order valence-electron chi connectivity index (χ3n) is 7.31. The molecule has 0 amide bonds. The van der Waals surface area contributed by atoms with Gasteiger partial charge in [0, 0.05) is 12.8 Å². The summed E-state index contributed by atoms with van der Waals surface area (Å²) >= 11 is 0. The normalized spacial score (nSPS) is 14.6. The zero-order chi connectivity index (χ0) is 34.9. The van der Waals surface area contributed by atoms with Crippen molar-refractivity contribution in [1.29, 1.82) is 0 Å². The van der Waals surface area contributed by atoms with E-state index in [9.17, 15) is 29.3 Å². The molecule has 10 nitrogen and oxygen atoms in total. The fourth-order valence-electron chi connectivity index (χ4n) is 4.48. The maximum atomic E-state index is 12.3. The van der Waals surface area contributed by atoms with Gasteiger partial charge in [-0.2, -0.15) is 0 Å². The number of ether oxygens (including phenoxy) is 2. The highest BCUT2D eigenvalue weighted by Gasteiger charge is 2.27. The molecule has 0 fully saturated rings. The summed E-state index contributed by atoms with van der Waals surface area (Å²) in [6.07, 6.45) is 29.8. The Morgan fingerprint density at radius 2 is 0.979 bits per heavy atom. The molecule has 3 unspecified atom stereocenters. The van der Waals surface area contributed by atoms with E-state index in [0.29, 0.717) is 12.8 Å². The molecule has 0 bridgehead atoms. The molecule has 0 aromatic heterocycles. The summed E-state index contributed by atoms with van der Waals surface area (Å²) < 4.78 is 32.3. The van der Waals surface area contributed by atoms with Crippen LogP contribution in [0.15, 0.2) is 36.5 Å². The lowest BCUT2D eigenvalue weighted by Crippen LogP contribution is -2.28. The van der Waals surface area contributed by atoms with Crippen LogP contribution >= 0.6 is 7.82 Å². The molecule has 0 aromatic carbocycles. The molecule has 0 aliphatic carbocycles. The number of phosphoric acid groups is 1. The first-order valence-electron chi connectivity index (χ1n) is 17.9. The highest BCUT2D eigenvalue weighted by atomic mass is 31.2. The van der Waals surface area contributed by atoms with Gasteiger partial charge in [0.15, 0.2) is 0 Å². The van der Waals surface area contributed by atoms with Crippen LogP contribution < -0.4 is 0 Å². The van der Waals surface area contributed by atoms with Crippen molar-refractivity contribution in [2.75, 3.05) is 26.4 Å². The highest BCUT2D eigenvalue weighted by Crippen LogP contribution is 2.43. The molecule has 0 aliphatic rings. The van der Waals surface area contributed by atoms with E-state index in [1.807, 2.05) is 0 Å². The molecule has 0 saturated carbocycles. The highest BCUT2D eigenvalue weighted by molar-refractivity contribution is 7.47. The number of unbranched alkanes of at least 4 members (excludes halogenated alkanes) is 13. The van der Waals surface area contributed by atoms with E-state index in [-0.39, 0.29) is 12.8 Å². The predicted octanol–water partition coefficient (Wildman–Crippen LogP) is 8.44. The lowest BCUT2D eigenvalue weighted by Gasteiger charge is -2.20. The van der Waals surface area contributed by atoms with Crippen molar-refractivity contribution < 1.29 is 47.8 Å². The van der Waals surface area contributed by atoms with Crippen LogP contribution in [0, 0.1) is 0 Å². The quantitative estimate of drug-likeness (QED) is 0.0265. The molecular formula is C36H65O10P. The number of allylic oxidation sites excluding steroid dienone is 6. The van der Waals surface area contributed by atoms with Crippen molar-refractivity contribution in [3.05, 3.63) is 36.5 Å². The maximum Gasteiger partial charge on any atom is 0.472 e. The van der Waals surface area contributed by atoms with Crippen LogP contribution in [0.2, 0.25) is 0 Å². The Morgan fingerprint density at radius 1 is 0.574 bits per heavy atom. The number of aliphatic hydroxyl groups excluding tert-OH is 2. The molecule has 0 saturated heterocycles. The summed E-state index contributed by atoms with van der Waals surface area (Å²) in [5.74, 6) is -1.05. The molecule has 3 N–H and O–H groups in total. The van der Waals surface area contributed by atoms with E-state index in [2.05, 4.69) is 50.3 Å². The monoisotopic (exact) mass is 688 g/mol. The molecule has 0 rings (SSSR count). The average Bonchev–Trinajstić information content (AvgIpc) is 3.05. The van der Waals surface area contributed by atoms with E-state index in [1.165, 1.54) is 19.3 Å². The summed E-state index contributed by atoms with van der Waals surface area (Å²) in [5, 5.41) is 19.0. The van der Waals surface area contributed by atoms with Crippen LogP contribution in [-0.2, 0) is 32.7 Å².